The average Bonchev–Trinajstić information content (AvgIpc) is 3.23. The molecular formula is C20H25N3O3. The summed E-state index contributed by atoms with van der Waals surface area (Å²) < 4.78 is 5.52. The van der Waals surface area contributed by atoms with E-state index < -0.39 is 5.54 Å². The molecule has 0 unspecified atom stereocenters. The predicted octanol–water partition coefficient (Wildman–Crippen LogP) is 2.79. The first-order chi connectivity index (χ1) is 12.4. The van der Waals surface area contributed by atoms with Gasteiger partial charge in [-0.1, -0.05) is 35.5 Å². The van der Waals surface area contributed by atoms with Gasteiger partial charge in [-0.3, -0.25) is 9.59 Å². The summed E-state index contributed by atoms with van der Waals surface area (Å²) in [6.45, 7) is 5.93. The minimum absolute atomic E-state index is 0.00314. The molecule has 2 aromatic rings. The van der Waals surface area contributed by atoms with Crippen LogP contribution >= 0.6 is 0 Å². The van der Waals surface area contributed by atoms with E-state index in [0.717, 1.165) is 17.7 Å². The molecule has 0 radical (unpaired) electrons. The van der Waals surface area contributed by atoms with E-state index in [-0.39, 0.29) is 17.9 Å². The van der Waals surface area contributed by atoms with Crippen molar-refractivity contribution < 1.29 is 14.1 Å². The molecular weight excluding hydrogens is 330 g/mol. The second-order valence-corrected chi connectivity index (χ2v) is 7.16. The normalized spacial score (nSPS) is 19.8. The molecule has 2 heterocycles. The Morgan fingerprint density at radius 2 is 2.04 bits per heavy atom. The number of amides is 2. The molecule has 0 bridgehead atoms. The minimum Gasteiger partial charge on any atom is -0.361 e. The fourth-order valence-electron chi connectivity index (χ4n) is 3.66. The smallest absolute Gasteiger partial charge is 0.246 e. The van der Waals surface area contributed by atoms with E-state index in [9.17, 15) is 9.59 Å². The number of nitrogens with one attached hydrogen (secondary N) is 1. The lowest BCUT2D eigenvalue weighted by atomic mass is 9.88. The van der Waals surface area contributed by atoms with Gasteiger partial charge in [0.25, 0.3) is 0 Å². The lowest BCUT2D eigenvalue weighted by molar-refractivity contribution is -0.144. The molecule has 6 heteroatoms. The molecule has 26 heavy (non-hydrogen) atoms. The topological polar surface area (TPSA) is 75.4 Å². The van der Waals surface area contributed by atoms with Crippen LogP contribution < -0.4 is 5.32 Å². The zero-order chi connectivity index (χ0) is 18.7. The lowest BCUT2D eigenvalue weighted by Gasteiger charge is -2.36. The summed E-state index contributed by atoms with van der Waals surface area (Å²) in [6, 6.07) is 11.6. The van der Waals surface area contributed by atoms with Gasteiger partial charge < -0.3 is 14.7 Å². The second kappa shape index (κ2) is 7.32. The quantitative estimate of drug-likeness (QED) is 0.895. The Labute approximate surface area is 153 Å². The van der Waals surface area contributed by atoms with Gasteiger partial charge in [0.1, 0.15) is 17.0 Å². The van der Waals surface area contributed by atoms with E-state index >= 15 is 0 Å². The van der Waals surface area contributed by atoms with Crippen molar-refractivity contribution in [2.24, 2.45) is 0 Å². The maximum absolute atomic E-state index is 13.0. The van der Waals surface area contributed by atoms with E-state index in [1.807, 2.05) is 50.2 Å². The Morgan fingerprint density at radius 1 is 1.31 bits per heavy atom. The van der Waals surface area contributed by atoms with Crippen LogP contribution in [-0.2, 0) is 16.0 Å². The molecule has 1 fully saturated rings. The standard InChI is InChI=1S/C20H25N3O3/c1-14(2)21-19(25)20(10-7-11-23(20)15(3)24)13-17-12-18(22-26-17)16-8-5-4-6-9-16/h4-6,8-9,12,14H,7,10-11,13H2,1-3H3,(H,21,25)/t20-/m0/s1. The van der Waals surface area contributed by atoms with Crippen molar-refractivity contribution in [2.45, 2.75) is 51.6 Å². The largest absolute Gasteiger partial charge is 0.361 e. The zero-order valence-corrected chi connectivity index (χ0v) is 15.5. The highest BCUT2D eigenvalue weighted by Crippen LogP contribution is 2.34. The number of nitrogens with zero attached hydrogens (tertiary/aromatic N) is 2. The summed E-state index contributed by atoms with van der Waals surface area (Å²) in [4.78, 5) is 26.9. The van der Waals surface area contributed by atoms with E-state index in [0.29, 0.717) is 25.1 Å². The molecule has 1 aromatic heterocycles. The number of hydrogen-bond acceptors (Lipinski definition) is 4. The number of aromatic nitrogens is 1. The highest BCUT2D eigenvalue weighted by atomic mass is 16.5. The Kier molecular flexibility index (Phi) is 5.11. The third kappa shape index (κ3) is 3.49. The molecule has 1 aliphatic heterocycles. The minimum atomic E-state index is -0.913. The van der Waals surface area contributed by atoms with Crippen LogP contribution in [0.2, 0.25) is 0 Å². The second-order valence-electron chi connectivity index (χ2n) is 7.16. The van der Waals surface area contributed by atoms with Crippen molar-refractivity contribution in [2.75, 3.05) is 6.54 Å². The third-order valence-electron chi connectivity index (χ3n) is 4.81. The highest BCUT2D eigenvalue weighted by molar-refractivity contribution is 5.92. The van der Waals surface area contributed by atoms with Crippen molar-refractivity contribution in [3.8, 4) is 11.3 Å². The zero-order valence-electron chi connectivity index (χ0n) is 15.5. The number of likely N-dealkylation sites (tertiary alicyclic amines) is 1. The summed E-state index contributed by atoms with van der Waals surface area (Å²) in [5.41, 5.74) is 0.772. The van der Waals surface area contributed by atoms with Crippen LogP contribution in [0.15, 0.2) is 40.9 Å². The molecule has 1 aromatic carbocycles. The van der Waals surface area contributed by atoms with Crippen molar-refractivity contribution in [1.29, 1.82) is 0 Å². The van der Waals surface area contributed by atoms with Crippen LogP contribution in [0.25, 0.3) is 11.3 Å². The van der Waals surface area contributed by atoms with Crippen molar-refractivity contribution >= 4 is 11.8 Å². The number of carbonyl (C=O) groups is 2. The number of rotatable bonds is 5. The summed E-state index contributed by atoms with van der Waals surface area (Å²) in [6.07, 6.45) is 1.74. The van der Waals surface area contributed by atoms with Gasteiger partial charge in [-0.25, -0.2) is 0 Å². The maximum atomic E-state index is 13.0. The fraction of sp³-hybridized carbons (Fsp3) is 0.450. The van der Waals surface area contributed by atoms with Gasteiger partial charge in [-0.2, -0.15) is 0 Å². The van der Waals surface area contributed by atoms with Crippen LogP contribution in [0.4, 0.5) is 0 Å². The highest BCUT2D eigenvalue weighted by Gasteiger charge is 2.49. The molecule has 0 spiro atoms. The molecule has 0 saturated carbocycles. The summed E-state index contributed by atoms with van der Waals surface area (Å²) in [5, 5.41) is 7.11. The van der Waals surface area contributed by atoms with Gasteiger partial charge in [-0.15, -0.1) is 0 Å². The first-order valence-electron chi connectivity index (χ1n) is 9.02. The first kappa shape index (κ1) is 18.2. The molecule has 1 aliphatic rings. The number of benzene rings is 1. The van der Waals surface area contributed by atoms with Crippen molar-refractivity contribution in [1.82, 2.24) is 15.4 Å². The van der Waals surface area contributed by atoms with Gasteiger partial charge in [0.2, 0.25) is 11.8 Å². The monoisotopic (exact) mass is 355 g/mol. The summed E-state index contributed by atoms with van der Waals surface area (Å²) in [7, 11) is 0. The third-order valence-corrected chi connectivity index (χ3v) is 4.81. The molecule has 2 amide bonds. The van der Waals surface area contributed by atoms with Gasteiger partial charge in [-0.05, 0) is 26.7 Å². The average molecular weight is 355 g/mol. The molecule has 1 atom stereocenters. The SMILES string of the molecule is CC(=O)N1CCC[C@]1(Cc1cc(-c2ccccc2)no1)C(=O)NC(C)C. The van der Waals surface area contributed by atoms with Crippen LogP contribution in [0, 0.1) is 0 Å². The molecule has 3 rings (SSSR count). The van der Waals surface area contributed by atoms with E-state index in [1.165, 1.54) is 6.92 Å². The van der Waals surface area contributed by atoms with Crippen LogP contribution in [0.1, 0.15) is 39.4 Å². The Balaban J connectivity index is 1.90. The lowest BCUT2D eigenvalue weighted by Crippen LogP contribution is -2.59. The number of carbonyl (C=O) groups excluding carboxylic acids is 2. The predicted molar refractivity (Wildman–Crippen MR) is 98.3 cm³/mol. The van der Waals surface area contributed by atoms with Gasteiger partial charge in [0.15, 0.2) is 0 Å². The molecule has 0 aliphatic carbocycles. The van der Waals surface area contributed by atoms with Gasteiger partial charge >= 0.3 is 0 Å². The Morgan fingerprint density at radius 3 is 2.69 bits per heavy atom. The van der Waals surface area contributed by atoms with Crippen LogP contribution in [-0.4, -0.2) is 40.0 Å². The number of hydrogen-bond donors (Lipinski definition) is 1. The summed E-state index contributed by atoms with van der Waals surface area (Å²) >= 11 is 0. The maximum Gasteiger partial charge on any atom is 0.246 e. The van der Waals surface area contributed by atoms with Gasteiger partial charge in [0.05, 0.1) is 0 Å². The van der Waals surface area contributed by atoms with Crippen molar-refractivity contribution in [3.05, 3.63) is 42.2 Å². The van der Waals surface area contributed by atoms with Crippen molar-refractivity contribution in [3.63, 3.8) is 0 Å². The van der Waals surface area contributed by atoms with E-state index in [2.05, 4.69) is 10.5 Å². The van der Waals surface area contributed by atoms with Crippen LogP contribution in [0.5, 0.6) is 0 Å². The fourth-order valence-corrected chi connectivity index (χ4v) is 3.66. The first-order valence-corrected chi connectivity index (χ1v) is 9.02. The van der Waals surface area contributed by atoms with E-state index in [1.54, 1.807) is 4.90 Å². The molecule has 138 valence electrons. The Bertz CT molecular complexity index is 785. The van der Waals surface area contributed by atoms with Crippen LogP contribution in [0.3, 0.4) is 0 Å². The van der Waals surface area contributed by atoms with E-state index in [4.69, 9.17) is 4.52 Å². The molecule has 6 nitrogen and oxygen atoms in total. The van der Waals surface area contributed by atoms with Gasteiger partial charge in [0, 0.05) is 37.6 Å². The summed E-state index contributed by atoms with van der Waals surface area (Å²) in [5.74, 6) is 0.387. The molecule has 1 saturated heterocycles. The Hall–Kier alpha value is -2.63. The molecule has 1 N–H and O–H groups in total.